The van der Waals surface area contributed by atoms with E-state index in [1.54, 1.807) is 31.2 Å². The number of amides is 1. The third kappa shape index (κ3) is 5.28. The quantitative estimate of drug-likeness (QED) is 0.825. The molecular formula is C19H28N2O4. The van der Waals surface area contributed by atoms with Crippen LogP contribution < -0.4 is 4.90 Å². The van der Waals surface area contributed by atoms with E-state index in [0.29, 0.717) is 12.1 Å². The maximum absolute atomic E-state index is 12.2. The topological polar surface area (TPSA) is 70.1 Å². The fraction of sp³-hybridized carbons (Fsp3) is 0.579. The number of hydrogen-bond acceptors (Lipinski definition) is 5. The second-order valence-corrected chi connectivity index (χ2v) is 7.25. The molecule has 6 nitrogen and oxygen atoms in total. The number of rotatable bonds is 5. The van der Waals surface area contributed by atoms with E-state index in [1.165, 1.54) is 7.11 Å². The van der Waals surface area contributed by atoms with Crippen molar-refractivity contribution in [3.05, 3.63) is 29.8 Å². The maximum atomic E-state index is 12.2. The number of nitrogens with zero attached hydrogens (tertiary/aromatic N) is 2. The van der Waals surface area contributed by atoms with Crippen molar-refractivity contribution in [3.8, 4) is 0 Å². The highest BCUT2D eigenvalue weighted by molar-refractivity contribution is 5.94. The summed E-state index contributed by atoms with van der Waals surface area (Å²) in [6, 6.07) is 7.06. The molecule has 138 valence electrons. The zero-order valence-corrected chi connectivity index (χ0v) is 15.5. The first-order valence-corrected chi connectivity index (χ1v) is 8.64. The van der Waals surface area contributed by atoms with Crippen molar-refractivity contribution in [2.75, 3.05) is 31.6 Å². The lowest BCUT2D eigenvalue weighted by molar-refractivity contribution is -0.117. The number of esters is 1. The molecular weight excluding hydrogens is 320 g/mol. The number of anilines is 1. The predicted octanol–water partition coefficient (Wildman–Crippen LogP) is 2.06. The Morgan fingerprint density at radius 2 is 1.80 bits per heavy atom. The van der Waals surface area contributed by atoms with Crippen LogP contribution in [0.15, 0.2) is 24.3 Å². The molecule has 1 aromatic carbocycles. The van der Waals surface area contributed by atoms with Crippen LogP contribution in [-0.4, -0.2) is 60.3 Å². The molecule has 1 N–H and O–H groups in total. The Hall–Kier alpha value is -1.92. The van der Waals surface area contributed by atoms with Gasteiger partial charge in [-0.2, -0.15) is 0 Å². The van der Waals surface area contributed by atoms with Crippen LogP contribution in [0.1, 0.15) is 44.0 Å². The molecule has 6 heteroatoms. The largest absolute Gasteiger partial charge is 0.465 e. The number of carbonyl (C=O) groups excluding carboxylic acids is 2. The summed E-state index contributed by atoms with van der Waals surface area (Å²) in [6.07, 6.45) is 1.71. The molecule has 0 bridgehead atoms. The van der Waals surface area contributed by atoms with Gasteiger partial charge < -0.3 is 19.6 Å². The van der Waals surface area contributed by atoms with E-state index in [2.05, 4.69) is 4.90 Å². The van der Waals surface area contributed by atoms with Gasteiger partial charge in [0.25, 0.3) is 0 Å². The van der Waals surface area contributed by atoms with E-state index >= 15 is 0 Å². The van der Waals surface area contributed by atoms with Crippen molar-refractivity contribution < 1.29 is 19.4 Å². The van der Waals surface area contributed by atoms with E-state index in [1.807, 2.05) is 18.7 Å². The number of β-amino-alcohol motifs (C(OH)–C–C–N with tert-alkyl or cyclic N) is 1. The average Bonchev–Trinajstić information content (AvgIpc) is 2.55. The second kappa shape index (κ2) is 7.97. The van der Waals surface area contributed by atoms with E-state index in [4.69, 9.17) is 4.74 Å². The van der Waals surface area contributed by atoms with Gasteiger partial charge >= 0.3 is 5.97 Å². The molecule has 0 saturated carbocycles. The molecule has 0 radical (unpaired) electrons. The van der Waals surface area contributed by atoms with Gasteiger partial charge in [-0.05, 0) is 51.0 Å². The number of carbonyl (C=O) groups is 2. The summed E-state index contributed by atoms with van der Waals surface area (Å²) in [5, 5.41) is 9.96. The van der Waals surface area contributed by atoms with Crippen LogP contribution in [0.3, 0.4) is 0 Å². The number of aliphatic hydroxyl groups is 1. The summed E-state index contributed by atoms with van der Waals surface area (Å²) in [5.74, 6) is -0.396. The molecule has 1 saturated heterocycles. The Balaban J connectivity index is 2.07. The lowest BCUT2D eigenvalue weighted by Crippen LogP contribution is -2.49. The Kier molecular flexibility index (Phi) is 6.19. The highest BCUT2D eigenvalue weighted by Crippen LogP contribution is 2.25. The van der Waals surface area contributed by atoms with Crippen LogP contribution in [-0.2, 0) is 9.53 Å². The van der Waals surface area contributed by atoms with Crippen LogP contribution in [0.25, 0.3) is 0 Å². The number of hydrogen-bond donors (Lipinski definition) is 1. The number of methoxy groups -OCH3 is 1. The molecule has 0 aliphatic carbocycles. The van der Waals surface area contributed by atoms with Crippen LogP contribution in [0.2, 0.25) is 0 Å². The van der Waals surface area contributed by atoms with E-state index in [9.17, 15) is 14.7 Å². The minimum absolute atomic E-state index is 0.00763. The van der Waals surface area contributed by atoms with Crippen LogP contribution in [0.4, 0.5) is 5.69 Å². The van der Waals surface area contributed by atoms with Gasteiger partial charge in [0.05, 0.1) is 18.3 Å². The van der Waals surface area contributed by atoms with Crippen LogP contribution in [0, 0.1) is 0 Å². The first kappa shape index (κ1) is 19.4. The lowest BCUT2D eigenvalue weighted by Gasteiger charge is -2.39. The summed E-state index contributed by atoms with van der Waals surface area (Å²) in [6.45, 7) is 7.51. The van der Waals surface area contributed by atoms with Gasteiger partial charge in [-0.25, -0.2) is 4.79 Å². The van der Waals surface area contributed by atoms with Crippen molar-refractivity contribution in [3.63, 3.8) is 0 Å². The van der Waals surface area contributed by atoms with Gasteiger partial charge in [-0.3, -0.25) is 4.79 Å². The molecule has 2 rings (SSSR count). The minimum atomic E-state index is -0.711. The highest BCUT2D eigenvalue weighted by Gasteiger charge is 2.29. The van der Waals surface area contributed by atoms with Gasteiger partial charge in [0.2, 0.25) is 5.91 Å². The summed E-state index contributed by atoms with van der Waals surface area (Å²) in [5.41, 5.74) is 0.549. The van der Waals surface area contributed by atoms with Crippen molar-refractivity contribution in [2.24, 2.45) is 0 Å². The number of piperidine rings is 1. The van der Waals surface area contributed by atoms with E-state index in [0.717, 1.165) is 31.6 Å². The Bertz CT molecular complexity index is 599. The predicted molar refractivity (Wildman–Crippen MR) is 96.7 cm³/mol. The fourth-order valence-corrected chi connectivity index (χ4v) is 3.41. The molecule has 1 amide bonds. The minimum Gasteiger partial charge on any atom is -0.465 e. The maximum Gasteiger partial charge on any atom is 0.337 e. The van der Waals surface area contributed by atoms with E-state index < -0.39 is 5.60 Å². The number of likely N-dealkylation sites (tertiary alicyclic amines) is 1. The lowest BCUT2D eigenvalue weighted by atomic mass is 10.00. The fourth-order valence-electron chi connectivity index (χ4n) is 3.41. The monoisotopic (exact) mass is 348 g/mol. The first-order chi connectivity index (χ1) is 11.7. The zero-order valence-electron chi connectivity index (χ0n) is 15.5. The molecule has 0 unspecified atom stereocenters. The molecule has 1 aromatic rings. The molecule has 1 heterocycles. The highest BCUT2D eigenvalue weighted by atomic mass is 16.5. The van der Waals surface area contributed by atoms with Gasteiger partial charge in [0, 0.05) is 38.3 Å². The molecule has 0 atom stereocenters. The van der Waals surface area contributed by atoms with Crippen molar-refractivity contribution in [1.82, 2.24) is 4.90 Å². The molecule has 25 heavy (non-hydrogen) atoms. The summed E-state index contributed by atoms with van der Waals surface area (Å²) < 4.78 is 4.71. The van der Waals surface area contributed by atoms with E-state index in [-0.39, 0.29) is 17.9 Å². The standard InChI is InChI=1S/C19H28N2O4/c1-14(22)21(16-7-5-15(6-8-16)18(23)25-4)17-9-11-20(12-10-17)13-19(2,3)24/h5-8,17,24H,9-13H2,1-4H3. The molecule has 1 aliphatic rings. The first-order valence-electron chi connectivity index (χ1n) is 8.64. The second-order valence-electron chi connectivity index (χ2n) is 7.25. The molecule has 1 fully saturated rings. The Labute approximate surface area is 149 Å². The molecule has 0 aromatic heterocycles. The average molecular weight is 348 g/mol. The summed E-state index contributed by atoms with van der Waals surface area (Å²) >= 11 is 0. The number of ether oxygens (including phenoxy) is 1. The Morgan fingerprint density at radius 3 is 2.24 bits per heavy atom. The van der Waals surface area contributed by atoms with Gasteiger partial charge in [-0.15, -0.1) is 0 Å². The summed E-state index contributed by atoms with van der Waals surface area (Å²) in [7, 11) is 1.35. The third-order valence-electron chi connectivity index (χ3n) is 4.44. The Morgan fingerprint density at radius 1 is 1.24 bits per heavy atom. The van der Waals surface area contributed by atoms with Crippen molar-refractivity contribution in [2.45, 2.75) is 45.3 Å². The smallest absolute Gasteiger partial charge is 0.337 e. The van der Waals surface area contributed by atoms with Crippen LogP contribution >= 0.6 is 0 Å². The van der Waals surface area contributed by atoms with Crippen molar-refractivity contribution >= 4 is 17.6 Å². The van der Waals surface area contributed by atoms with Crippen molar-refractivity contribution in [1.29, 1.82) is 0 Å². The number of benzene rings is 1. The normalized spacial score (nSPS) is 16.5. The van der Waals surface area contributed by atoms with Crippen LogP contribution in [0.5, 0.6) is 0 Å². The van der Waals surface area contributed by atoms with Gasteiger partial charge in [0.1, 0.15) is 0 Å². The van der Waals surface area contributed by atoms with Gasteiger partial charge in [-0.1, -0.05) is 0 Å². The van der Waals surface area contributed by atoms with Gasteiger partial charge in [0.15, 0.2) is 0 Å². The molecule has 0 spiro atoms. The third-order valence-corrected chi connectivity index (χ3v) is 4.44. The SMILES string of the molecule is COC(=O)c1ccc(N(C(C)=O)C2CCN(CC(C)(C)O)CC2)cc1. The molecule has 1 aliphatic heterocycles. The zero-order chi connectivity index (χ0) is 18.6. The summed E-state index contributed by atoms with van der Waals surface area (Å²) in [4.78, 5) is 27.8.